The first kappa shape index (κ1) is 37.6. The largest absolute Gasteiger partial charge is 0.481 e. The van der Waals surface area contributed by atoms with E-state index in [0.29, 0.717) is 6.42 Å². The van der Waals surface area contributed by atoms with Gasteiger partial charge in [-0.05, 0) is 12.3 Å². The molecule has 0 rings (SSSR count). The Labute approximate surface area is 229 Å². The van der Waals surface area contributed by atoms with Crippen LogP contribution < -0.4 is 0 Å². The van der Waals surface area contributed by atoms with Crippen molar-refractivity contribution in [2.75, 3.05) is 0 Å². The molecule has 0 aromatic rings. The van der Waals surface area contributed by atoms with Crippen molar-refractivity contribution in [3.63, 3.8) is 0 Å². The van der Waals surface area contributed by atoms with E-state index >= 15 is 0 Å². The van der Waals surface area contributed by atoms with Crippen LogP contribution in [0.25, 0.3) is 0 Å². The van der Waals surface area contributed by atoms with Crippen molar-refractivity contribution in [2.24, 2.45) is 5.92 Å². The van der Waals surface area contributed by atoms with E-state index in [9.17, 15) is 4.79 Å². The number of hydrogen-bond donors (Lipinski definition) is 1. The van der Waals surface area contributed by atoms with Gasteiger partial charge in [0, 0.05) is 6.42 Å². The van der Waals surface area contributed by atoms with Crippen molar-refractivity contribution < 1.29 is 9.90 Å². The molecule has 218 valence electrons. The summed E-state index contributed by atoms with van der Waals surface area (Å²) < 4.78 is 0. The van der Waals surface area contributed by atoms with Crippen LogP contribution in [0.1, 0.15) is 207 Å². The molecule has 0 aliphatic heterocycles. The molecule has 0 bridgehead atoms. The van der Waals surface area contributed by atoms with E-state index in [1.54, 1.807) is 0 Å². The molecule has 0 fully saturated rings. The van der Waals surface area contributed by atoms with Gasteiger partial charge in [0.15, 0.2) is 0 Å². The maximum absolute atomic E-state index is 10.3. The Bertz CT molecular complexity index is 391. The van der Waals surface area contributed by atoms with Crippen LogP contribution in [0.3, 0.4) is 0 Å². The molecule has 36 heavy (non-hydrogen) atoms. The molecule has 0 aliphatic rings. The number of rotatable bonds is 28. The molecular weight excluding hydrogens is 440 g/mol. The van der Waals surface area contributed by atoms with E-state index in [2.05, 4.69) is 27.7 Å². The van der Waals surface area contributed by atoms with Crippen LogP contribution in [0, 0.1) is 5.92 Å². The van der Waals surface area contributed by atoms with E-state index in [1.807, 2.05) is 0 Å². The standard InChI is InChI=1S/C18H36O2.C16H34/c1-2-3-4-5-6-7-8-9-10-11-12-13-14-15-16-17-18(19)20;1-4-5-6-7-8-9-10-11-12-13-14-15-16(2)3/h2-17H2,1H3,(H,19,20);16H,4-15H2,1-3H3. The molecule has 0 atom stereocenters. The molecule has 2 nitrogen and oxygen atoms in total. The fourth-order valence-electron chi connectivity index (χ4n) is 4.86. The summed E-state index contributed by atoms with van der Waals surface area (Å²) in [7, 11) is 0. The maximum Gasteiger partial charge on any atom is 0.303 e. The second-order valence-corrected chi connectivity index (χ2v) is 11.8. The predicted molar refractivity (Wildman–Crippen MR) is 163 cm³/mol. The maximum atomic E-state index is 10.3. The monoisotopic (exact) mass is 511 g/mol. The molecule has 0 spiro atoms. The molecule has 2 heteroatoms. The van der Waals surface area contributed by atoms with Gasteiger partial charge >= 0.3 is 5.97 Å². The van der Waals surface area contributed by atoms with Gasteiger partial charge in [0.1, 0.15) is 0 Å². The Hall–Kier alpha value is -0.530. The molecule has 1 N–H and O–H groups in total. The summed E-state index contributed by atoms with van der Waals surface area (Å²) in [6, 6.07) is 0. The normalized spacial score (nSPS) is 11.0. The Morgan fingerprint density at radius 3 is 0.944 bits per heavy atom. The quantitative estimate of drug-likeness (QED) is 0.106. The number of unbranched alkanes of at least 4 members (excludes halogenated alkanes) is 24. The minimum atomic E-state index is -0.653. The SMILES string of the molecule is CCCCCCCCCCCCCC(C)C.CCCCCCCCCCCCCCCCCC(=O)O. The molecule has 0 saturated carbocycles. The lowest BCUT2D eigenvalue weighted by Crippen LogP contribution is -1.93. The van der Waals surface area contributed by atoms with Gasteiger partial charge in [0.2, 0.25) is 0 Å². The number of carboxylic acid groups (broad SMARTS) is 1. The van der Waals surface area contributed by atoms with Gasteiger partial charge < -0.3 is 5.11 Å². The van der Waals surface area contributed by atoms with Crippen LogP contribution in [0.5, 0.6) is 0 Å². The number of hydrogen-bond acceptors (Lipinski definition) is 1. The average Bonchev–Trinajstić information content (AvgIpc) is 2.85. The summed E-state index contributed by atoms with van der Waals surface area (Å²) in [4.78, 5) is 10.3. The smallest absolute Gasteiger partial charge is 0.303 e. The summed E-state index contributed by atoms with van der Waals surface area (Å²) in [6.45, 7) is 9.22. The predicted octanol–water partition coefficient (Wildman–Crippen LogP) is 12.7. The van der Waals surface area contributed by atoms with Gasteiger partial charge in [-0.1, -0.05) is 195 Å². The lowest BCUT2D eigenvalue weighted by Gasteiger charge is -2.04. The summed E-state index contributed by atoms with van der Waals surface area (Å²) in [5, 5.41) is 8.52. The zero-order chi connectivity index (χ0) is 27.0. The van der Waals surface area contributed by atoms with Crippen molar-refractivity contribution in [1.82, 2.24) is 0 Å². The van der Waals surface area contributed by atoms with Crippen molar-refractivity contribution in [1.29, 1.82) is 0 Å². The highest BCUT2D eigenvalue weighted by atomic mass is 16.4. The number of carbonyl (C=O) groups is 1. The van der Waals surface area contributed by atoms with Gasteiger partial charge in [-0.2, -0.15) is 0 Å². The van der Waals surface area contributed by atoms with Crippen molar-refractivity contribution in [2.45, 2.75) is 207 Å². The summed E-state index contributed by atoms with van der Waals surface area (Å²) >= 11 is 0. The second-order valence-electron chi connectivity index (χ2n) is 11.8. The van der Waals surface area contributed by atoms with Crippen LogP contribution in [0.4, 0.5) is 0 Å². The van der Waals surface area contributed by atoms with Gasteiger partial charge in [-0.15, -0.1) is 0 Å². The molecular formula is C34H70O2. The van der Waals surface area contributed by atoms with Gasteiger partial charge in [-0.3, -0.25) is 4.79 Å². The highest BCUT2D eigenvalue weighted by Crippen LogP contribution is 2.15. The Morgan fingerprint density at radius 1 is 0.444 bits per heavy atom. The summed E-state index contributed by atoms with van der Waals surface area (Å²) in [5.74, 6) is 0.248. The highest BCUT2D eigenvalue weighted by Gasteiger charge is 1.97. The van der Waals surface area contributed by atoms with Crippen LogP contribution in [0.15, 0.2) is 0 Å². The third-order valence-corrected chi connectivity index (χ3v) is 7.38. The molecule has 0 heterocycles. The Morgan fingerprint density at radius 2 is 0.694 bits per heavy atom. The minimum absolute atomic E-state index is 0.345. The van der Waals surface area contributed by atoms with Crippen LogP contribution >= 0.6 is 0 Å². The third kappa shape index (κ3) is 40.6. The zero-order valence-corrected chi connectivity index (χ0v) is 25.7. The lowest BCUT2D eigenvalue weighted by atomic mass is 10.0. The molecule has 0 unspecified atom stereocenters. The molecule has 0 saturated heterocycles. The lowest BCUT2D eigenvalue weighted by molar-refractivity contribution is -0.137. The van der Waals surface area contributed by atoms with Gasteiger partial charge in [0.05, 0.1) is 0 Å². The van der Waals surface area contributed by atoms with E-state index in [-0.39, 0.29) is 0 Å². The van der Waals surface area contributed by atoms with Crippen molar-refractivity contribution in [3.8, 4) is 0 Å². The first-order chi connectivity index (χ1) is 17.5. The molecule has 0 aromatic heterocycles. The second kappa shape index (κ2) is 34.5. The van der Waals surface area contributed by atoms with E-state index in [0.717, 1.165) is 18.8 Å². The van der Waals surface area contributed by atoms with E-state index in [4.69, 9.17) is 5.11 Å². The summed E-state index contributed by atoms with van der Waals surface area (Å²) in [6.07, 6.45) is 37.7. The van der Waals surface area contributed by atoms with Crippen LogP contribution in [-0.4, -0.2) is 11.1 Å². The first-order valence-electron chi connectivity index (χ1n) is 16.8. The van der Waals surface area contributed by atoms with Crippen LogP contribution in [0.2, 0.25) is 0 Å². The van der Waals surface area contributed by atoms with Crippen LogP contribution in [-0.2, 0) is 4.79 Å². The van der Waals surface area contributed by atoms with Gasteiger partial charge in [-0.25, -0.2) is 0 Å². The zero-order valence-electron chi connectivity index (χ0n) is 25.7. The molecule has 0 amide bonds. The summed E-state index contributed by atoms with van der Waals surface area (Å²) in [5.41, 5.74) is 0. The van der Waals surface area contributed by atoms with E-state index in [1.165, 1.54) is 161 Å². The fourth-order valence-corrected chi connectivity index (χ4v) is 4.86. The molecule has 0 radical (unpaired) electrons. The van der Waals surface area contributed by atoms with Gasteiger partial charge in [0.25, 0.3) is 0 Å². The number of carboxylic acids is 1. The first-order valence-corrected chi connectivity index (χ1v) is 16.8. The fraction of sp³-hybridized carbons (Fsp3) is 0.971. The van der Waals surface area contributed by atoms with Crippen molar-refractivity contribution in [3.05, 3.63) is 0 Å². The highest BCUT2D eigenvalue weighted by molar-refractivity contribution is 5.66. The Balaban J connectivity index is 0. The van der Waals surface area contributed by atoms with Crippen molar-refractivity contribution >= 4 is 5.97 Å². The van der Waals surface area contributed by atoms with E-state index < -0.39 is 5.97 Å². The molecule has 0 aliphatic carbocycles. The third-order valence-electron chi connectivity index (χ3n) is 7.38. The average molecular weight is 511 g/mol. The topological polar surface area (TPSA) is 37.3 Å². The number of aliphatic carboxylic acids is 1. The molecule has 0 aromatic carbocycles. The Kier molecular flexibility index (Phi) is 36.0. The minimum Gasteiger partial charge on any atom is -0.481 e.